The Hall–Kier alpha value is -3.39. The molecule has 0 unspecified atom stereocenters. The van der Waals surface area contributed by atoms with E-state index in [0.717, 1.165) is 0 Å². The van der Waals surface area contributed by atoms with Crippen molar-refractivity contribution in [3.05, 3.63) is 58.5 Å². The number of rotatable bonds is 4. The molecule has 0 atom stereocenters. The zero-order valence-corrected chi connectivity index (χ0v) is 16.3. The summed E-state index contributed by atoms with van der Waals surface area (Å²) in [6, 6.07) is 12.1. The SMILES string of the molecule is COc1cc(OC)cc(-n2nc(C(=O)N3CCOCC3)c3ccccc3c2=O)c1. The first-order valence-corrected chi connectivity index (χ1v) is 9.25. The van der Waals surface area contributed by atoms with Crippen molar-refractivity contribution in [2.24, 2.45) is 0 Å². The molecule has 1 aromatic heterocycles. The fourth-order valence-electron chi connectivity index (χ4n) is 3.35. The molecule has 1 saturated heterocycles. The number of ether oxygens (including phenoxy) is 3. The highest BCUT2D eigenvalue weighted by molar-refractivity contribution is 6.04. The zero-order valence-electron chi connectivity index (χ0n) is 16.3. The summed E-state index contributed by atoms with van der Waals surface area (Å²) in [7, 11) is 3.06. The largest absolute Gasteiger partial charge is 0.497 e. The predicted octanol–water partition coefficient (Wildman–Crippen LogP) is 1.88. The van der Waals surface area contributed by atoms with Crippen LogP contribution >= 0.6 is 0 Å². The summed E-state index contributed by atoms with van der Waals surface area (Å²) in [6.07, 6.45) is 0. The van der Waals surface area contributed by atoms with Gasteiger partial charge in [0, 0.05) is 36.7 Å². The Morgan fingerprint density at radius 1 is 1.00 bits per heavy atom. The standard InChI is InChI=1S/C21H21N3O5/c1-27-15-11-14(12-16(13-15)28-2)24-20(25)18-6-4-3-5-17(18)19(22-24)21(26)23-7-9-29-10-8-23/h3-6,11-13H,7-10H2,1-2H3. The van der Waals surface area contributed by atoms with Crippen molar-refractivity contribution in [2.45, 2.75) is 0 Å². The molecule has 150 valence electrons. The monoisotopic (exact) mass is 395 g/mol. The first-order chi connectivity index (χ1) is 14.1. The van der Waals surface area contributed by atoms with Gasteiger partial charge in [0.05, 0.1) is 38.5 Å². The second kappa shape index (κ2) is 7.92. The molecule has 0 N–H and O–H groups in total. The number of nitrogens with zero attached hydrogens (tertiary/aromatic N) is 3. The van der Waals surface area contributed by atoms with Crippen molar-refractivity contribution >= 4 is 16.7 Å². The highest BCUT2D eigenvalue weighted by Crippen LogP contribution is 2.25. The van der Waals surface area contributed by atoms with Crippen LogP contribution in [-0.4, -0.2) is 61.1 Å². The van der Waals surface area contributed by atoms with E-state index in [9.17, 15) is 9.59 Å². The lowest BCUT2D eigenvalue weighted by Crippen LogP contribution is -2.41. The Labute approximate surface area is 167 Å². The molecule has 29 heavy (non-hydrogen) atoms. The van der Waals surface area contributed by atoms with Gasteiger partial charge in [-0.05, 0) is 6.07 Å². The Morgan fingerprint density at radius 3 is 2.24 bits per heavy atom. The van der Waals surface area contributed by atoms with Crippen molar-refractivity contribution < 1.29 is 19.0 Å². The summed E-state index contributed by atoms with van der Waals surface area (Å²) in [6.45, 7) is 1.94. The molecule has 0 aliphatic carbocycles. The number of benzene rings is 2. The minimum absolute atomic E-state index is 0.226. The summed E-state index contributed by atoms with van der Waals surface area (Å²) in [5, 5.41) is 5.40. The second-order valence-electron chi connectivity index (χ2n) is 6.59. The predicted molar refractivity (Wildman–Crippen MR) is 107 cm³/mol. The summed E-state index contributed by atoms with van der Waals surface area (Å²) >= 11 is 0. The number of aromatic nitrogens is 2. The van der Waals surface area contributed by atoms with Gasteiger partial charge in [0.25, 0.3) is 11.5 Å². The van der Waals surface area contributed by atoms with Gasteiger partial charge < -0.3 is 19.1 Å². The van der Waals surface area contributed by atoms with Gasteiger partial charge in [-0.1, -0.05) is 18.2 Å². The lowest BCUT2D eigenvalue weighted by atomic mass is 10.1. The highest BCUT2D eigenvalue weighted by atomic mass is 16.5. The van der Waals surface area contributed by atoms with Crippen LogP contribution in [0.1, 0.15) is 10.5 Å². The van der Waals surface area contributed by atoms with Crippen molar-refractivity contribution in [3.8, 4) is 17.2 Å². The van der Waals surface area contributed by atoms with Crippen LogP contribution in [0.3, 0.4) is 0 Å². The van der Waals surface area contributed by atoms with Crippen molar-refractivity contribution in [2.75, 3.05) is 40.5 Å². The fraction of sp³-hybridized carbons (Fsp3) is 0.286. The molecular formula is C21H21N3O5. The summed E-state index contributed by atoms with van der Waals surface area (Å²) in [5.41, 5.74) is 0.353. The number of amides is 1. The Balaban J connectivity index is 1.93. The van der Waals surface area contributed by atoms with E-state index in [4.69, 9.17) is 14.2 Å². The van der Waals surface area contributed by atoms with Crippen LogP contribution in [0.5, 0.6) is 11.5 Å². The molecule has 1 amide bonds. The Morgan fingerprint density at radius 2 is 1.62 bits per heavy atom. The van der Waals surface area contributed by atoms with Crippen LogP contribution in [0, 0.1) is 0 Å². The zero-order chi connectivity index (χ0) is 20.4. The van der Waals surface area contributed by atoms with E-state index >= 15 is 0 Å². The lowest BCUT2D eigenvalue weighted by Gasteiger charge is -2.27. The van der Waals surface area contributed by atoms with Gasteiger partial charge in [-0.15, -0.1) is 0 Å². The molecule has 1 aliphatic heterocycles. The molecule has 8 nitrogen and oxygen atoms in total. The number of hydrogen-bond acceptors (Lipinski definition) is 6. The van der Waals surface area contributed by atoms with Crippen molar-refractivity contribution in [1.82, 2.24) is 14.7 Å². The molecule has 2 heterocycles. The van der Waals surface area contributed by atoms with E-state index in [1.54, 1.807) is 47.4 Å². The highest BCUT2D eigenvalue weighted by Gasteiger charge is 2.24. The number of morpholine rings is 1. The van der Waals surface area contributed by atoms with Crippen molar-refractivity contribution in [1.29, 1.82) is 0 Å². The minimum atomic E-state index is -0.325. The molecule has 3 aromatic rings. The van der Waals surface area contributed by atoms with E-state index in [0.29, 0.717) is 54.3 Å². The Kier molecular flexibility index (Phi) is 5.18. The van der Waals surface area contributed by atoms with E-state index in [-0.39, 0.29) is 17.2 Å². The number of carbonyl (C=O) groups is 1. The van der Waals surface area contributed by atoms with Gasteiger partial charge in [-0.3, -0.25) is 9.59 Å². The smallest absolute Gasteiger partial charge is 0.279 e. The molecule has 0 bridgehead atoms. The third kappa shape index (κ3) is 3.54. The molecular weight excluding hydrogens is 374 g/mol. The third-order valence-electron chi connectivity index (χ3n) is 4.89. The van der Waals surface area contributed by atoms with Gasteiger partial charge in [-0.25, -0.2) is 0 Å². The molecule has 1 fully saturated rings. The quantitative estimate of drug-likeness (QED) is 0.671. The van der Waals surface area contributed by atoms with Gasteiger partial charge in [0.1, 0.15) is 11.5 Å². The van der Waals surface area contributed by atoms with Crippen LogP contribution in [0.2, 0.25) is 0 Å². The van der Waals surface area contributed by atoms with Gasteiger partial charge >= 0.3 is 0 Å². The maximum atomic E-state index is 13.2. The normalized spacial score (nSPS) is 14.1. The topological polar surface area (TPSA) is 82.9 Å². The Bertz CT molecular complexity index is 1100. The minimum Gasteiger partial charge on any atom is -0.497 e. The van der Waals surface area contributed by atoms with Crippen LogP contribution in [0.25, 0.3) is 16.5 Å². The van der Waals surface area contributed by atoms with E-state index < -0.39 is 0 Å². The summed E-state index contributed by atoms with van der Waals surface area (Å²) < 4.78 is 17.2. The number of carbonyl (C=O) groups excluding carboxylic acids is 1. The van der Waals surface area contributed by atoms with E-state index in [1.165, 1.54) is 18.9 Å². The van der Waals surface area contributed by atoms with Crippen LogP contribution < -0.4 is 15.0 Å². The average molecular weight is 395 g/mol. The molecule has 2 aromatic carbocycles. The van der Waals surface area contributed by atoms with Gasteiger partial charge in [0.2, 0.25) is 0 Å². The summed E-state index contributed by atoms with van der Waals surface area (Å²) in [5.74, 6) is 0.803. The first kappa shape index (κ1) is 18.9. The second-order valence-corrected chi connectivity index (χ2v) is 6.59. The van der Waals surface area contributed by atoms with E-state index in [1.807, 2.05) is 0 Å². The molecule has 0 saturated carbocycles. The summed E-state index contributed by atoms with van der Waals surface area (Å²) in [4.78, 5) is 28.0. The molecule has 4 rings (SSSR count). The third-order valence-corrected chi connectivity index (χ3v) is 4.89. The van der Waals surface area contributed by atoms with Crippen LogP contribution in [0.4, 0.5) is 0 Å². The van der Waals surface area contributed by atoms with E-state index in [2.05, 4.69) is 5.10 Å². The molecule has 0 spiro atoms. The van der Waals surface area contributed by atoms with Gasteiger partial charge in [-0.2, -0.15) is 9.78 Å². The first-order valence-electron chi connectivity index (χ1n) is 9.25. The van der Waals surface area contributed by atoms with Crippen LogP contribution in [0.15, 0.2) is 47.3 Å². The van der Waals surface area contributed by atoms with Crippen LogP contribution in [-0.2, 0) is 4.74 Å². The molecule has 0 radical (unpaired) electrons. The average Bonchev–Trinajstić information content (AvgIpc) is 2.79. The maximum Gasteiger partial charge on any atom is 0.279 e. The lowest BCUT2D eigenvalue weighted by molar-refractivity contribution is 0.0299. The van der Waals surface area contributed by atoms with Crippen molar-refractivity contribution in [3.63, 3.8) is 0 Å². The molecule has 8 heteroatoms. The number of hydrogen-bond donors (Lipinski definition) is 0. The molecule has 1 aliphatic rings. The number of fused-ring (bicyclic) bond motifs is 1. The van der Waals surface area contributed by atoms with Gasteiger partial charge in [0.15, 0.2) is 5.69 Å². The maximum absolute atomic E-state index is 13.2. The number of methoxy groups -OCH3 is 2. The fourth-order valence-corrected chi connectivity index (χ4v) is 3.35.